The van der Waals surface area contributed by atoms with Crippen LogP contribution in [-0.2, 0) is 10.0 Å². The van der Waals surface area contributed by atoms with Crippen molar-refractivity contribution in [3.05, 3.63) is 57.6 Å². The summed E-state index contributed by atoms with van der Waals surface area (Å²) in [5, 5.41) is 0.588. The van der Waals surface area contributed by atoms with Crippen LogP contribution in [0.3, 0.4) is 0 Å². The van der Waals surface area contributed by atoms with Gasteiger partial charge < -0.3 is 4.74 Å². The maximum atomic E-state index is 12.4. The van der Waals surface area contributed by atoms with E-state index in [1.54, 1.807) is 19.1 Å². The van der Waals surface area contributed by atoms with Gasteiger partial charge in [0.2, 0.25) is 10.0 Å². The first kappa shape index (κ1) is 18.7. The van der Waals surface area contributed by atoms with E-state index in [0.29, 0.717) is 10.6 Å². The number of benzene rings is 2. The lowest BCUT2D eigenvalue weighted by Crippen LogP contribution is -2.23. The van der Waals surface area contributed by atoms with E-state index in [1.807, 2.05) is 0 Å². The van der Waals surface area contributed by atoms with Crippen molar-refractivity contribution in [3.63, 3.8) is 0 Å². The van der Waals surface area contributed by atoms with E-state index in [0.717, 1.165) is 4.31 Å². The Kier molecular flexibility index (Phi) is 5.55. The van der Waals surface area contributed by atoms with Crippen molar-refractivity contribution in [2.24, 2.45) is 0 Å². The maximum absolute atomic E-state index is 12.4. The van der Waals surface area contributed by atoms with Crippen molar-refractivity contribution < 1.29 is 17.9 Å². The summed E-state index contributed by atoms with van der Waals surface area (Å²) in [7, 11) is -0.828. The van der Waals surface area contributed by atoms with Crippen molar-refractivity contribution in [1.29, 1.82) is 0 Å². The third-order valence-corrected chi connectivity index (χ3v) is 5.66. The highest BCUT2D eigenvalue weighted by Gasteiger charge is 2.21. The van der Waals surface area contributed by atoms with Crippen molar-refractivity contribution in [1.82, 2.24) is 4.31 Å². The van der Waals surface area contributed by atoms with Gasteiger partial charge in [-0.2, -0.15) is 0 Å². The molecule has 24 heavy (non-hydrogen) atoms. The number of hydrogen-bond acceptors (Lipinski definition) is 4. The first-order valence-electron chi connectivity index (χ1n) is 6.83. The van der Waals surface area contributed by atoms with Gasteiger partial charge in [-0.15, -0.1) is 0 Å². The molecule has 2 aromatic carbocycles. The van der Waals surface area contributed by atoms with Gasteiger partial charge in [-0.3, -0.25) is 0 Å². The van der Waals surface area contributed by atoms with Crippen LogP contribution in [0.5, 0.6) is 5.75 Å². The minimum absolute atomic E-state index is 0.00208. The van der Waals surface area contributed by atoms with Crippen molar-refractivity contribution in [2.45, 2.75) is 11.8 Å². The molecule has 128 valence electrons. The summed E-state index contributed by atoms with van der Waals surface area (Å²) in [5.74, 6) is -0.609. The Morgan fingerprint density at radius 2 is 1.75 bits per heavy atom. The summed E-state index contributed by atoms with van der Waals surface area (Å²) in [6.45, 7) is 1.68. The van der Waals surface area contributed by atoms with Gasteiger partial charge in [0.05, 0.1) is 15.5 Å². The van der Waals surface area contributed by atoms with Gasteiger partial charge in [-0.25, -0.2) is 17.5 Å². The van der Waals surface area contributed by atoms with Gasteiger partial charge in [-0.05, 0) is 36.8 Å². The van der Waals surface area contributed by atoms with Crippen molar-refractivity contribution >= 4 is 39.2 Å². The fraction of sp³-hybridized carbons (Fsp3) is 0.188. The third kappa shape index (κ3) is 3.89. The molecule has 0 aliphatic rings. The first-order valence-corrected chi connectivity index (χ1v) is 9.03. The van der Waals surface area contributed by atoms with E-state index in [4.69, 9.17) is 27.9 Å². The molecule has 5 nitrogen and oxygen atoms in total. The predicted molar refractivity (Wildman–Crippen MR) is 93.5 cm³/mol. The molecule has 0 spiro atoms. The number of ether oxygens (including phenoxy) is 1. The lowest BCUT2D eigenvalue weighted by Gasteiger charge is -2.13. The van der Waals surface area contributed by atoms with Crippen LogP contribution in [0, 0.1) is 6.92 Å². The number of halogens is 2. The standard InChI is InChI=1S/C16H15Cl2NO4S/c1-10-4-6-12(24(21,22)19(2)3)9-13(10)16(20)23-15-8-11(17)5-7-14(15)18/h4-9H,1-3H3. The summed E-state index contributed by atoms with van der Waals surface area (Å²) in [6.07, 6.45) is 0. The summed E-state index contributed by atoms with van der Waals surface area (Å²) in [4.78, 5) is 12.4. The zero-order valence-corrected chi connectivity index (χ0v) is 15.5. The Bertz CT molecular complexity index is 895. The molecule has 8 heteroatoms. The smallest absolute Gasteiger partial charge is 0.343 e. The SMILES string of the molecule is Cc1ccc(S(=O)(=O)N(C)C)cc1C(=O)Oc1cc(Cl)ccc1Cl. The first-order chi connectivity index (χ1) is 11.1. The number of rotatable bonds is 4. The number of sulfonamides is 1. The zero-order valence-electron chi connectivity index (χ0n) is 13.2. The lowest BCUT2D eigenvalue weighted by atomic mass is 10.1. The van der Waals surface area contributed by atoms with Gasteiger partial charge in [-0.1, -0.05) is 29.3 Å². The number of esters is 1. The number of carbonyl (C=O) groups is 1. The molecule has 0 amide bonds. The second-order valence-corrected chi connectivity index (χ2v) is 8.22. The lowest BCUT2D eigenvalue weighted by molar-refractivity contribution is 0.0734. The highest BCUT2D eigenvalue weighted by atomic mass is 35.5. The molecule has 2 aromatic rings. The fourth-order valence-corrected chi connectivity index (χ4v) is 3.15. The minimum Gasteiger partial charge on any atom is -0.421 e. The Balaban J connectivity index is 2.41. The Labute approximate surface area is 150 Å². The Morgan fingerprint density at radius 3 is 2.38 bits per heavy atom. The molecule has 0 saturated carbocycles. The molecule has 0 atom stereocenters. The molecular weight excluding hydrogens is 373 g/mol. The molecule has 0 saturated heterocycles. The van der Waals surface area contributed by atoms with Crippen LogP contribution in [0.4, 0.5) is 0 Å². The molecular formula is C16H15Cl2NO4S. The van der Waals surface area contributed by atoms with Crippen LogP contribution >= 0.6 is 23.2 Å². The average molecular weight is 388 g/mol. The van der Waals surface area contributed by atoms with E-state index >= 15 is 0 Å². The topological polar surface area (TPSA) is 63.7 Å². The summed E-state index contributed by atoms with van der Waals surface area (Å²) in [5.41, 5.74) is 0.713. The molecule has 0 fully saturated rings. The molecule has 0 radical (unpaired) electrons. The molecule has 0 heterocycles. The van der Waals surface area contributed by atoms with Crippen LogP contribution in [0.25, 0.3) is 0 Å². The van der Waals surface area contributed by atoms with Gasteiger partial charge in [0.1, 0.15) is 0 Å². The molecule has 0 N–H and O–H groups in total. The van der Waals surface area contributed by atoms with Crippen molar-refractivity contribution in [2.75, 3.05) is 14.1 Å². The average Bonchev–Trinajstić information content (AvgIpc) is 2.50. The number of hydrogen-bond donors (Lipinski definition) is 0. The molecule has 0 aromatic heterocycles. The van der Waals surface area contributed by atoms with E-state index in [-0.39, 0.29) is 21.2 Å². The monoisotopic (exact) mass is 387 g/mol. The van der Waals surface area contributed by atoms with E-state index in [9.17, 15) is 13.2 Å². The van der Waals surface area contributed by atoms with E-state index < -0.39 is 16.0 Å². The maximum Gasteiger partial charge on any atom is 0.343 e. The number of nitrogens with zero attached hydrogens (tertiary/aromatic N) is 1. The quantitative estimate of drug-likeness (QED) is 0.591. The summed E-state index contributed by atoms with van der Waals surface area (Å²) in [6, 6.07) is 8.76. The largest absolute Gasteiger partial charge is 0.421 e. The summed E-state index contributed by atoms with van der Waals surface area (Å²) < 4.78 is 30.7. The molecule has 0 aliphatic heterocycles. The second kappa shape index (κ2) is 7.11. The van der Waals surface area contributed by atoms with Gasteiger partial charge in [0.15, 0.2) is 5.75 Å². The fourth-order valence-electron chi connectivity index (χ4n) is 1.90. The molecule has 0 bridgehead atoms. The number of aryl methyl sites for hydroxylation is 1. The minimum atomic E-state index is -3.66. The van der Waals surface area contributed by atoms with Crippen molar-refractivity contribution in [3.8, 4) is 5.75 Å². The van der Waals surface area contributed by atoms with Gasteiger partial charge in [0, 0.05) is 25.2 Å². The highest BCUT2D eigenvalue weighted by molar-refractivity contribution is 7.89. The van der Waals surface area contributed by atoms with Crippen LogP contribution in [0.15, 0.2) is 41.3 Å². The zero-order chi connectivity index (χ0) is 18.1. The molecule has 2 rings (SSSR count). The third-order valence-electron chi connectivity index (χ3n) is 3.30. The highest BCUT2D eigenvalue weighted by Crippen LogP contribution is 2.29. The number of carbonyl (C=O) groups excluding carboxylic acids is 1. The van der Waals surface area contributed by atoms with Crippen LogP contribution in [0.2, 0.25) is 10.0 Å². The molecule has 0 unspecified atom stereocenters. The summed E-state index contributed by atoms with van der Waals surface area (Å²) >= 11 is 11.8. The van der Waals surface area contributed by atoms with Crippen LogP contribution in [-0.4, -0.2) is 32.8 Å². The second-order valence-electron chi connectivity index (χ2n) is 5.23. The van der Waals surface area contributed by atoms with Crippen LogP contribution < -0.4 is 4.74 Å². The van der Waals surface area contributed by atoms with Gasteiger partial charge in [0.25, 0.3) is 0 Å². The van der Waals surface area contributed by atoms with Gasteiger partial charge >= 0.3 is 5.97 Å². The normalized spacial score (nSPS) is 11.6. The molecule has 0 aliphatic carbocycles. The Morgan fingerprint density at radius 1 is 1.08 bits per heavy atom. The van der Waals surface area contributed by atoms with E-state index in [2.05, 4.69) is 0 Å². The Hall–Kier alpha value is -1.60. The van der Waals surface area contributed by atoms with E-state index in [1.165, 1.54) is 38.4 Å². The predicted octanol–water partition coefficient (Wildman–Crippen LogP) is 3.77. The van der Waals surface area contributed by atoms with Crippen LogP contribution in [0.1, 0.15) is 15.9 Å².